The van der Waals surface area contributed by atoms with Crippen molar-refractivity contribution in [2.45, 2.75) is 57.8 Å². The number of hydrogen-bond acceptors (Lipinski definition) is 2. The van der Waals surface area contributed by atoms with E-state index in [2.05, 4.69) is 12.2 Å². The van der Waals surface area contributed by atoms with Crippen LogP contribution in [0, 0.1) is 5.92 Å². The van der Waals surface area contributed by atoms with Crippen LogP contribution in [0.15, 0.2) is 12.2 Å². The maximum Gasteiger partial charge on any atom is 0.163 e. The third kappa shape index (κ3) is 3.96. The highest BCUT2D eigenvalue weighted by atomic mass is 16.7. The maximum absolute atomic E-state index is 5.73. The first-order chi connectivity index (χ1) is 7.16. The topological polar surface area (TPSA) is 18.5 Å². The summed E-state index contributed by atoms with van der Waals surface area (Å²) in [5.41, 5.74) is 0. The molecule has 0 radical (unpaired) electrons. The normalized spacial score (nSPS) is 30.1. The molecule has 1 atom stereocenters. The summed E-state index contributed by atoms with van der Waals surface area (Å²) in [7, 11) is 0. The monoisotopic (exact) mass is 210 g/mol. The number of rotatable bonds is 5. The number of ether oxygens (including phenoxy) is 2. The molecule has 86 valence electrons. The molecule has 0 unspecified atom stereocenters. The lowest BCUT2D eigenvalue weighted by atomic mass is 10.2. The summed E-state index contributed by atoms with van der Waals surface area (Å²) in [6.07, 6.45) is 11.3. The Labute approximate surface area is 92.6 Å². The van der Waals surface area contributed by atoms with E-state index in [-0.39, 0.29) is 5.79 Å². The third-order valence-electron chi connectivity index (χ3n) is 3.06. The Hall–Kier alpha value is -0.340. The molecule has 2 heteroatoms. The van der Waals surface area contributed by atoms with E-state index in [0.29, 0.717) is 6.10 Å². The van der Waals surface area contributed by atoms with Gasteiger partial charge >= 0.3 is 0 Å². The van der Waals surface area contributed by atoms with Crippen molar-refractivity contribution in [3.63, 3.8) is 0 Å². The van der Waals surface area contributed by atoms with Gasteiger partial charge in [-0.3, -0.25) is 0 Å². The fraction of sp³-hybridized carbons (Fsp3) is 0.846. The fourth-order valence-corrected chi connectivity index (χ4v) is 1.95. The third-order valence-corrected chi connectivity index (χ3v) is 3.06. The van der Waals surface area contributed by atoms with E-state index in [1.165, 1.54) is 19.3 Å². The lowest BCUT2D eigenvalue weighted by Gasteiger charge is -2.16. The zero-order valence-electron chi connectivity index (χ0n) is 9.87. The number of allylic oxidation sites excluding steroid dienone is 2. The zero-order chi connectivity index (χ0) is 10.7. The summed E-state index contributed by atoms with van der Waals surface area (Å²) >= 11 is 0. The molecule has 1 aliphatic heterocycles. The van der Waals surface area contributed by atoms with Crippen LogP contribution in [0.4, 0.5) is 0 Å². The molecule has 2 fully saturated rings. The Morgan fingerprint density at radius 1 is 1.27 bits per heavy atom. The predicted molar refractivity (Wildman–Crippen MR) is 60.6 cm³/mol. The molecule has 2 rings (SSSR count). The van der Waals surface area contributed by atoms with E-state index >= 15 is 0 Å². The first kappa shape index (κ1) is 11.2. The van der Waals surface area contributed by atoms with Crippen LogP contribution in [0.1, 0.15) is 46.0 Å². The SMILES string of the molecule is CC1(C)OC[C@@H](CC/C=C\CC2CC2)O1. The van der Waals surface area contributed by atoms with Crippen molar-refractivity contribution >= 4 is 0 Å². The van der Waals surface area contributed by atoms with Gasteiger partial charge in [-0.25, -0.2) is 0 Å². The van der Waals surface area contributed by atoms with Crippen LogP contribution < -0.4 is 0 Å². The van der Waals surface area contributed by atoms with Gasteiger partial charge in [0.2, 0.25) is 0 Å². The molecule has 1 aliphatic carbocycles. The van der Waals surface area contributed by atoms with Crippen LogP contribution in [0.5, 0.6) is 0 Å². The van der Waals surface area contributed by atoms with Gasteiger partial charge in [0.25, 0.3) is 0 Å². The van der Waals surface area contributed by atoms with Crippen molar-refractivity contribution < 1.29 is 9.47 Å². The molecule has 2 nitrogen and oxygen atoms in total. The maximum atomic E-state index is 5.73. The summed E-state index contributed by atoms with van der Waals surface area (Å²) in [5, 5.41) is 0. The summed E-state index contributed by atoms with van der Waals surface area (Å²) in [6, 6.07) is 0. The van der Waals surface area contributed by atoms with Crippen LogP contribution in [0.3, 0.4) is 0 Å². The van der Waals surface area contributed by atoms with Crippen molar-refractivity contribution in [2.24, 2.45) is 5.92 Å². The smallest absolute Gasteiger partial charge is 0.163 e. The van der Waals surface area contributed by atoms with Crippen molar-refractivity contribution in [1.82, 2.24) is 0 Å². The Kier molecular flexibility index (Phi) is 3.47. The zero-order valence-corrected chi connectivity index (χ0v) is 9.87. The average Bonchev–Trinajstić information content (AvgIpc) is 2.91. The van der Waals surface area contributed by atoms with Gasteiger partial charge in [-0.2, -0.15) is 0 Å². The van der Waals surface area contributed by atoms with E-state index in [1.54, 1.807) is 0 Å². The summed E-state index contributed by atoms with van der Waals surface area (Å²) < 4.78 is 11.2. The summed E-state index contributed by atoms with van der Waals surface area (Å²) in [4.78, 5) is 0. The Morgan fingerprint density at radius 3 is 2.67 bits per heavy atom. The van der Waals surface area contributed by atoms with E-state index < -0.39 is 0 Å². The van der Waals surface area contributed by atoms with Crippen LogP contribution >= 0.6 is 0 Å². The average molecular weight is 210 g/mol. The molecular formula is C13H22O2. The number of hydrogen-bond donors (Lipinski definition) is 0. The molecule has 0 N–H and O–H groups in total. The molecular weight excluding hydrogens is 188 g/mol. The molecule has 0 amide bonds. The lowest BCUT2D eigenvalue weighted by molar-refractivity contribution is -0.138. The van der Waals surface area contributed by atoms with Crippen LogP contribution in [0.25, 0.3) is 0 Å². The van der Waals surface area contributed by atoms with Crippen LogP contribution in [0.2, 0.25) is 0 Å². The minimum absolute atomic E-state index is 0.297. The fourth-order valence-electron chi connectivity index (χ4n) is 1.95. The van der Waals surface area contributed by atoms with Crippen molar-refractivity contribution in [2.75, 3.05) is 6.61 Å². The molecule has 1 saturated heterocycles. The highest BCUT2D eigenvalue weighted by Crippen LogP contribution is 2.32. The highest BCUT2D eigenvalue weighted by Gasteiger charge is 2.31. The minimum Gasteiger partial charge on any atom is -0.348 e. The Balaban J connectivity index is 1.55. The second-order valence-corrected chi connectivity index (χ2v) is 5.18. The first-order valence-electron chi connectivity index (χ1n) is 6.12. The molecule has 0 aromatic heterocycles. The minimum atomic E-state index is -0.359. The van der Waals surface area contributed by atoms with Crippen LogP contribution in [-0.2, 0) is 9.47 Å². The summed E-state index contributed by atoms with van der Waals surface area (Å²) in [6.45, 7) is 4.72. The van der Waals surface area contributed by atoms with Crippen LogP contribution in [-0.4, -0.2) is 18.5 Å². The van der Waals surface area contributed by atoms with Gasteiger partial charge in [0.15, 0.2) is 5.79 Å². The van der Waals surface area contributed by atoms with E-state index in [1.807, 2.05) is 13.8 Å². The molecule has 0 aromatic carbocycles. The lowest BCUT2D eigenvalue weighted by Crippen LogP contribution is -2.21. The Morgan fingerprint density at radius 2 is 2.07 bits per heavy atom. The molecule has 0 bridgehead atoms. The standard InChI is InChI=1S/C13H22O2/c1-13(2)14-10-12(15-13)7-5-3-4-6-11-8-9-11/h3-4,11-12H,5-10H2,1-2H3/b4-3-/t12-/m1/s1. The highest BCUT2D eigenvalue weighted by molar-refractivity contribution is 4.89. The second-order valence-electron chi connectivity index (χ2n) is 5.18. The predicted octanol–water partition coefficient (Wildman–Crippen LogP) is 3.27. The van der Waals surface area contributed by atoms with E-state index in [9.17, 15) is 0 Å². The van der Waals surface area contributed by atoms with Gasteiger partial charge in [-0.15, -0.1) is 0 Å². The van der Waals surface area contributed by atoms with Crippen molar-refractivity contribution in [1.29, 1.82) is 0 Å². The largest absolute Gasteiger partial charge is 0.348 e. The van der Waals surface area contributed by atoms with Gasteiger partial charge in [0.05, 0.1) is 12.7 Å². The molecule has 15 heavy (non-hydrogen) atoms. The van der Waals surface area contributed by atoms with Gasteiger partial charge in [0.1, 0.15) is 0 Å². The Bertz CT molecular complexity index is 229. The molecule has 2 aliphatic rings. The van der Waals surface area contributed by atoms with Gasteiger partial charge in [0, 0.05) is 0 Å². The van der Waals surface area contributed by atoms with Crippen molar-refractivity contribution in [3.8, 4) is 0 Å². The second kappa shape index (κ2) is 4.67. The quantitative estimate of drug-likeness (QED) is 0.648. The van der Waals surface area contributed by atoms with Gasteiger partial charge in [-0.05, 0) is 51.9 Å². The first-order valence-corrected chi connectivity index (χ1v) is 6.12. The molecule has 0 spiro atoms. The van der Waals surface area contributed by atoms with Gasteiger partial charge in [-0.1, -0.05) is 12.2 Å². The van der Waals surface area contributed by atoms with Crippen molar-refractivity contribution in [3.05, 3.63) is 12.2 Å². The molecule has 1 heterocycles. The molecule has 0 aromatic rings. The molecule has 1 saturated carbocycles. The van der Waals surface area contributed by atoms with E-state index in [4.69, 9.17) is 9.47 Å². The van der Waals surface area contributed by atoms with E-state index in [0.717, 1.165) is 25.4 Å². The summed E-state index contributed by atoms with van der Waals surface area (Å²) in [5.74, 6) is 0.647. The van der Waals surface area contributed by atoms with Gasteiger partial charge < -0.3 is 9.47 Å².